The van der Waals surface area contributed by atoms with E-state index in [0.29, 0.717) is 5.69 Å². The van der Waals surface area contributed by atoms with E-state index in [4.69, 9.17) is 0 Å². The second kappa shape index (κ2) is 3.86. The first kappa shape index (κ1) is 10.2. The molecule has 0 aliphatic carbocycles. The van der Waals surface area contributed by atoms with Gasteiger partial charge in [-0.1, -0.05) is 0 Å². The Bertz CT molecular complexity index is 371. The van der Waals surface area contributed by atoms with Gasteiger partial charge in [0.25, 0.3) is 0 Å². The van der Waals surface area contributed by atoms with Gasteiger partial charge in [-0.15, -0.1) is 0 Å². The third kappa shape index (κ3) is 2.06. The molecule has 0 unspecified atom stereocenters. The first-order chi connectivity index (χ1) is 6.54. The molecule has 0 aromatic carbocycles. The number of nitro groups is 1. The van der Waals surface area contributed by atoms with Gasteiger partial charge in [-0.25, -0.2) is 4.79 Å². The zero-order valence-electron chi connectivity index (χ0n) is 7.76. The molecule has 0 N–H and O–H groups in total. The Balaban J connectivity index is 2.88. The molecular formula is C7H9N3O4. The zero-order valence-corrected chi connectivity index (χ0v) is 7.76. The van der Waals surface area contributed by atoms with Crippen LogP contribution in [0.2, 0.25) is 0 Å². The minimum atomic E-state index is -0.610. The summed E-state index contributed by atoms with van der Waals surface area (Å²) in [6.07, 6.45) is 0. The van der Waals surface area contributed by atoms with Gasteiger partial charge < -0.3 is 14.9 Å². The van der Waals surface area contributed by atoms with Crippen LogP contribution in [0.25, 0.3) is 0 Å². The van der Waals surface area contributed by atoms with E-state index < -0.39 is 10.9 Å². The maximum atomic E-state index is 10.9. The third-order valence-corrected chi connectivity index (χ3v) is 1.66. The van der Waals surface area contributed by atoms with Gasteiger partial charge in [-0.05, 0) is 11.8 Å². The van der Waals surface area contributed by atoms with Crippen LogP contribution in [-0.4, -0.2) is 27.8 Å². The van der Waals surface area contributed by atoms with Crippen molar-refractivity contribution in [3.8, 4) is 0 Å². The van der Waals surface area contributed by atoms with Crippen LogP contribution in [0.15, 0.2) is 6.07 Å². The van der Waals surface area contributed by atoms with Crippen LogP contribution in [0.3, 0.4) is 0 Å². The molecule has 0 atom stereocenters. The Morgan fingerprint density at radius 2 is 2.43 bits per heavy atom. The van der Waals surface area contributed by atoms with Crippen molar-refractivity contribution in [1.82, 2.24) is 9.78 Å². The van der Waals surface area contributed by atoms with Crippen LogP contribution in [0.4, 0.5) is 5.82 Å². The molecule has 0 aliphatic rings. The third-order valence-electron chi connectivity index (χ3n) is 1.66. The first-order valence-electron chi connectivity index (χ1n) is 3.80. The summed E-state index contributed by atoms with van der Waals surface area (Å²) >= 11 is 0. The molecule has 14 heavy (non-hydrogen) atoms. The van der Waals surface area contributed by atoms with E-state index in [1.807, 2.05) is 0 Å². The minimum Gasteiger partial charge on any atom is -0.468 e. The second-order valence-electron chi connectivity index (χ2n) is 2.63. The number of aromatic nitrogens is 2. The van der Waals surface area contributed by atoms with Crippen molar-refractivity contribution in [1.29, 1.82) is 0 Å². The molecule has 7 heteroatoms. The van der Waals surface area contributed by atoms with Gasteiger partial charge in [-0.2, -0.15) is 4.68 Å². The van der Waals surface area contributed by atoms with Crippen molar-refractivity contribution in [2.45, 2.75) is 13.5 Å². The number of hydrogen-bond donors (Lipinski definition) is 0. The van der Waals surface area contributed by atoms with Gasteiger partial charge in [0, 0.05) is 0 Å². The van der Waals surface area contributed by atoms with Gasteiger partial charge in [0.2, 0.25) is 0 Å². The lowest BCUT2D eigenvalue weighted by molar-refractivity contribution is -0.389. The number of ether oxygens (including phenoxy) is 1. The van der Waals surface area contributed by atoms with Crippen LogP contribution in [0.5, 0.6) is 0 Å². The average molecular weight is 199 g/mol. The molecule has 1 rings (SSSR count). The summed E-state index contributed by atoms with van der Waals surface area (Å²) in [5, 5.41) is 13.9. The smallest absolute Gasteiger partial charge is 0.390 e. The molecule has 0 spiro atoms. The van der Waals surface area contributed by atoms with Crippen molar-refractivity contribution in [3.63, 3.8) is 0 Å². The first-order valence-corrected chi connectivity index (χ1v) is 3.80. The summed E-state index contributed by atoms with van der Waals surface area (Å²) in [5.74, 6) is -0.766. The molecule has 1 aromatic rings. The number of methoxy groups -OCH3 is 1. The van der Waals surface area contributed by atoms with Crippen LogP contribution in [-0.2, 0) is 16.1 Å². The molecule has 1 aromatic heterocycles. The molecule has 0 aliphatic heterocycles. The quantitative estimate of drug-likeness (QED) is 0.396. The van der Waals surface area contributed by atoms with Crippen molar-refractivity contribution >= 4 is 11.8 Å². The van der Waals surface area contributed by atoms with Gasteiger partial charge in [0.05, 0.1) is 24.0 Å². The predicted molar refractivity (Wildman–Crippen MR) is 45.6 cm³/mol. The van der Waals surface area contributed by atoms with E-state index in [-0.39, 0.29) is 12.4 Å². The number of esters is 1. The van der Waals surface area contributed by atoms with Crippen molar-refractivity contribution in [2.75, 3.05) is 7.11 Å². The summed E-state index contributed by atoms with van der Waals surface area (Å²) in [5.41, 5.74) is 0.544. The predicted octanol–water partition coefficient (Wildman–Crippen LogP) is 0.273. The summed E-state index contributed by atoms with van der Waals surface area (Å²) in [4.78, 5) is 20.6. The number of nitrogens with zero attached hydrogens (tertiary/aromatic N) is 3. The van der Waals surface area contributed by atoms with Crippen LogP contribution < -0.4 is 0 Å². The van der Waals surface area contributed by atoms with E-state index in [1.54, 1.807) is 6.92 Å². The molecule has 0 radical (unpaired) electrons. The monoisotopic (exact) mass is 199 g/mol. The number of rotatable bonds is 3. The lowest BCUT2D eigenvalue weighted by Gasteiger charge is -1.96. The van der Waals surface area contributed by atoms with Crippen molar-refractivity contribution in [2.24, 2.45) is 0 Å². The highest BCUT2D eigenvalue weighted by molar-refractivity contribution is 5.68. The molecule has 0 saturated heterocycles. The normalized spacial score (nSPS) is 9.86. The fourth-order valence-corrected chi connectivity index (χ4v) is 0.929. The molecule has 76 valence electrons. The van der Waals surface area contributed by atoms with E-state index in [1.165, 1.54) is 17.9 Å². The Morgan fingerprint density at radius 1 is 1.79 bits per heavy atom. The summed E-state index contributed by atoms with van der Waals surface area (Å²) in [7, 11) is 1.25. The van der Waals surface area contributed by atoms with Crippen LogP contribution in [0.1, 0.15) is 5.69 Å². The Labute approximate surface area is 79.4 Å². The fraction of sp³-hybridized carbons (Fsp3) is 0.429. The van der Waals surface area contributed by atoms with E-state index >= 15 is 0 Å². The lowest BCUT2D eigenvalue weighted by Crippen LogP contribution is -2.13. The summed E-state index contributed by atoms with van der Waals surface area (Å²) in [6.45, 7) is 1.51. The topological polar surface area (TPSA) is 87.3 Å². The van der Waals surface area contributed by atoms with Crippen molar-refractivity contribution in [3.05, 3.63) is 21.9 Å². The summed E-state index contributed by atoms with van der Waals surface area (Å²) < 4.78 is 5.64. The van der Waals surface area contributed by atoms with Gasteiger partial charge in [0.15, 0.2) is 6.54 Å². The van der Waals surface area contributed by atoms with Crippen LogP contribution >= 0.6 is 0 Å². The largest absolute Gasteiger partial charge is 0.468 e. The number of aryl methyl sites for hydroxylation is 1. The minimum absolute atomic E-state index is 0.115. The molecule has 7 nitrogen and oxygen atoms in total. The summed E-state index contributed by atoms with van der Waals surface area (Å²) in [6, 6.07) is 1.29. The lowest BCUT2D eigenvalue weighted by atomic mass is 10.4. The van der Waals surface area contributed by atoms with E-state index in [0.717, 1.165) is 0 Å². The second-order valence-corrected chi connectivity index (χ2v) is 2.63. The maximum Gasteiger partial charge on any atom is 0.390 e. The molecule has 0 amide bonds. The van der Waals surface area contributed by atoms with Crippen molar-refractivity contribution < 1.29 is 14.5 Å². The highest BCUT2D eigenvalue weighted by Gasteiger charge is 2.17. The standard InChI is InChI=1S/C7H9N3O4/c1-5-3-6(10(12)13)8-9(5)4-7(11)14-2/h3H,4H2,1-2H3. The maximum absolute atomic E-state index is 10.9. The van der Waals surface area contributed by atoms with Crippen LogP contribution in [0, 0.1) is 17.0 Å². The molecule has 0 fully saturated rings. The van der Waals surface area contributed by atoms with E-state index in [9.17, 15) is 14.9 Å². The number of carbonyl (C=O) groups excluding carboxylic acids is 1. The Hall–Kier alpha value is -1.92. The average Bonchev–Trinajstić information content (AvgIpc) is 2.48. The Morgan fingerprint density at radius 3 is 2.86 bits per heavy atom. The number of hydrogen-bond acceptors (Lipinski definition) is 5. The molecule has 0 bridgehead atoms. The highest BCUT2D eigenvalue weighted by atomic mass is 16.6. The fourth-order valence-electron chi connectivity index (χ4n) is 0.929. The van der Waals surface area contributed by atoms with Gasteiger partial charge in [0.1, 0.15) is 0 Å². The SMILES string of the molecule is COC(=O)Cn1nc([N+](=O)[O-])cc1C. The van der Waals surface area contributed by atoms with Gasteiger partial charge >= 0.3 is 11.8 Å². The number of carbonyl (C=O) groups is 1. The highest BCUT2D eigenvalue weighted by Crippen LogP contribution is 2.10. The molecular weight excluding hydrogens is 190 g/mol. The zero-order chi connectivity index (χ0) is 10.7. The molecule has 1 heterocycles. The molecule has 0 saturated carbocycles. The van der Waals surface area contributed by atoms with E-state index in [2.05, 4.69) is 9.84 Å². The Kier molecular flexibility index (Phi) is 2.80. The van der Waals surface area contributed by atoms with Gasteiger partial charge in [-0.3, -0.25) is 0 Å².